The van der Waals surface area contributed by atoms with Gasteiger partial charge in [0.25, 0.3) is 0 Å². The van der Waals surface area contributed by atoms with Crippen molar-refractivity contribution in [3.63, 3.8) is 0 Å². The first-order valence-corrected chi connectivity index (χ1v) is 8.26. The summed E-state index contributed by atoms with van der Waals surface area (Å²) in [6.45, 7) is 6.61. The van der Waals surface area contributed by atoms with Gasteiger partial charge in [0.2, 0.25) is 0 Å². The van der Waals surface area contributed by atoms with Crippen LogP contribution in [0.1, 0.15) is 51.5 Å². The second-order valence-corrected chi connectivity index (χ2v) is 5.86. The van der Waals surface area contributed by atoms with Crippen LogP contribution in [0, 0.1) is 5.92 Å². The van der Waals surface area contributed by atoms with E-state index in [4.69, 9.17) is 5.73 Å². The molecule has 0 aliphatic heterocycles. The van der Waals surface area contributed by atoms with Crippen molar-refractivity contribution in [3.05, 3.63) is 35.9 Å². The third-order valence-electron chi connectivity index (χ3n) is 4.03. The van der Waals surface area contributed by atoms with Crippen LogP contribution >= 0.6 is 0 Å². The van der Waals surface area contributed by atoms with Gasteiger partial charge in [0, 0.05) is 12.6 Å². The second kappa shape index (κ2) is 10.9. The Morgan fingerprint density at radius 2 is 1.80 bits per heavy atom. The van der Waals surface area contributed by atoms with Crippen molar-refractivity contribution in [1.82, 2.24) is 5.32 Å². The van der Waals surface area contributed by atoms with Crippen LogP contribution in [-0.4, -0.2) is 19.1 Å². The molecule has 0 saturated heterocycles. The molecule has 0 bridgehead atoms. The summed E-state index contributed by atoms with van der Waals surface area (Å²) >= 11 is 0. The highest BCUT2D eigenvalue weighted by Gasteiger charge is 2.07. The van der Waals surface area contributed by atoms with Gasteiger partial charge in [-0.2, -0.15) is 0 Å². The lowest BCUT2D eigenvalue weighted by Crippen LogP contribution is -2.36. The number of aryl methyl sites for hydroxylation is 1. The Kier molecular flexibility index (Phi) is 9.35. The Morgan fingerprint density at radius 3 is 2.45 bits per heavy atom. The first kappa shape index (κ1) is 17.2. The highest BCUT2D eigenvalue weighted by Crippen LogP contribution is 2.11. The fourth-order valence-electron chi connectivity index (χ4n) is 2.51. The van der Waals surface area contributed by atoms with Crippen molar-refractivity contribution in [2.75, 3.05) is 13.1 Å². The fraction of sp³-hybridized carbons (Fsp3) is 0.667. The lowest BCUT2D eigenvalue weighted by molar-refractivity contribution is 0.408. The third-order valence-corrected chi connectivity index (χ3v) is 4.03. The smallest absolute Gasteiger partial charge is 0.0168 e. The number of hydrogen-bond donors (Lipinski definition) is 2. The minimum absolute atomic E-state index is 0.263. The summed E-state index contributed by atoms with van der Waals surface area (Å²) in [5.41, 5.74) is 7.57. The van der Waals surface area contributed by atoms with Crippen LogP contribution in [0.15, 0.2) is 30.3 Å². The average Bonchev–Trinajstić information content (AvgIpc) is 2.49. The summed E-state index contributed by atoms with van der Waals surface area (Å²) in [4.78, 5) is 0. The lowest BCUT2D eigenvalue weighted by Gasteiger charge is -2.18. The molecule has 20 heavy (non-hydrogen) atoms. The molecule has 2 heteroatoms. The first-order valence-electron chi connectivity index (χ1n) is 8.26. The highest BCUT2D eigenvalue weighted by atomic mass is 14.9. The predicted octanol–water partition coefficient (Wildman–Crippen LogP) is 3.75. The molecule has 0 aromatic heterocycles. The molecule has 0 saturated carbocycles. The molecule has 0 aliphatic rings. The Balaban J connectivity index is 2.11. The standard InChI is InChI=1S/C18H32N2/c1-3-5-9-16(4-2)14-20-15-18(19)13-12-17-10-7-6-8-11-17/h6-8,10-11,16,18,20H,3-5,9,12-15,19H2,1-2H3. The van der Waals surface area contributed by atoms with E-state index in [0.717, 1.165) is 31.8 Å². The number of unbranched alkanes of at least 4 members (excludes halogenated alkanes) is 1. The number of hydrogen-bond acceptors (Lipinski definition) is 2. The van der Waals surface area contributed by atoms with E-state index in [1.807, 2.05) is 0 Å². The van der Waals surface area contributed by atoms with E-state index < -0.39 is 0 Å². The molecule has 0 aliphatic carbocycles. The minimum Gasteiger partial charge on any atom is -0.327 e. The Morgan fingerprint density at radius 1 is 1.05 bits per heavy atom. The summed E-state index contributed by atoms with van der Waals surface area (Å²) in [7, 11) is 0. The molecule has 1 rings (SSSR count). The average molecular weight is 276 g/mol. The van der Waals surface area contributed by atoms with Crippen LogP contribution in [0.2, 0.25) is 0 Å². The van der Waals surface area contributed by atoms with Crippen LogP contribution in [0.4, 0.5) is 0 Å². The van der Waals surface area contributed by atoms with Crippen molar-refractivity contribution in [1.29, 1.82) is 0 Å². The van der Waals surface area contributed by atoms with E-state index in [-0.39, 0.29) is 6.04 Å². The van der Waals surface area contributed by atoms with E-state index in [1.165, 1.54) is 31.2 Å². The first-order chi connectivity index (χ1) is 9.76. The lowest BCUT2D eigenvalue weighted by atomic mass is 9.99. The molecule has 3 N–H and O–H groups in total. The minimum atomic E-state index is 0.263. The van der Waals surface area contributed by atoms with Gasteiger partial charge in [-0.05, 0) is 37.3 Å². The van der Waals surface area contributed by atoms with E-state index in [2.05, 4.69) is 49.5 Å². The second-order valence-electron chi connectivity index (χ2n) is 5.86. The number of nitrogens with one attached hydrogen (secondary N) is 1. The molecule has 2 atom stereocenters. The summed E-state index contributed by atoms with van der Waals surface area (Å²) in [5, 5.41) is 3.56. The molecular formula is C18H32N2. The topological polar surface area (TPSA) is 38.0 Å². The van der Waals surface area contributed by atoms with Gasteiger partial charge < -0.3 is 11.1 Å². The quantitative estimate of drug-likeness (QED) is 0.646. The summed E-state index contributed by atoms with van der Waals surface area (Å²) < 4.78 is 0. The monoisotopic (exact) mass is 276 g/mol. The number of nitrogens with two attached hydrogens (primary N) is 1. The SMILES string of the molecule is CCCCC(CC)CNCC(N)CCc1ccccc1. The van der Waals surface area contributed by atoms with Crippen LogP contribution < -0.4 is 11.1 Å². The van der Waals surface area contributed by atoms with Gasteiger partial charge >= 0.3 is 0 Å². The number of benzene rings is 1. The summed E-state index contributed by atoms with van der Waals surface area (Å²) in [6, 6.07) is 10.9. The Labute approximate surface area is 125 Å². The maximum atomic E-state index is 6.19. The number of rotatable bonds is 11. The normalized spacial score (nSPS) is 14.2. The summed E-state index contributed by atoms with van der Waals surface area (Å²) in [5.74, 6) is 0.816. The zero-order valence-electron chi connectivity index (χ0n) is 13.3. The molecule has 2 unspecified atom stereocenters. The van der Waals surface area contributed by atoms with Gasteiger partial charge in [0.15, 0.2) is 0 Å². The largest absolute Gasteiger partial charge is 0.327 e. The van der Waals surface area contributed by atoms with Gasteiger partial charge in [-0.25, -0.2) is 0 Å². The molecule has 2 nitrogen and oxygen atoms in total. The fourth-order valence-corrected chi connectivity index (χ4v) is 2.51. The maximum Gasteiger partial charge on any atom is 0.0168 e. The van der Waals surface area contributed by atoms with Crippen molar-refractivity contribution < 1.29 is 0 Å². The zero-order chi connectivity index (χ0) is 14.6. The molecule has 0 heterocycles. The van der Waals surface area contributed by atoms with Crippen molar-refractivity contribution in [2.45, 2.75) is 58.4 Å². The van der Waals surface area contributed by atoms with E-state index in [0.29, 0.717) is 0 Å². The van der Waals surface area contributed by atoms with Gasteiger partial charge in [0.05, 0.1) is 0 Å². The van der Waals surface area contributed by atoms with E-state index in [9.17, 15) is 0 Å². The Hall–Kier alpha value is -0.860. The highest BCUT2D eigenvalue weighted by molar-refractivity contribution is 5.14. The van der Waals surface area contributed by atoms with E-state index >= 15 is 0 Å². The molecule has 1 aromatic carbocycles. The molecule has 114 valence electrons. The molecular weight excluding hydrogens is 244 g/mol. The molecule has 0 amide bonds. The predicted molar refractivity (Wildman–Crippen MR) is 88.9 cm³/mol. The summed E-state index contributed by atoms with van der Waals surface area (Å²) in [6.07, 6.45) is 7.40. The third kappa shape index (κ3) is 7.66. The van der Waals surface area contributed by atoms with Crippen LogP contribution in [0.3, 0.4) is 0 Å². The van der Waals surface area contributed by atoms with Crippen LogP contribution in [0.25, 0.3) is 0 Å². The molecule has 0 radical (unpaired) electrons. The molecule has 0 fully saturated rings. The zero-order valence-corrected chi connectivity index (χ0v) is 13.3. The van der Waals surface area contributed by atoms with Crippen molar-refractivity contribution in [2.24, 2.45) is 11.7 Å². The van der Waals surface area contributed by atoms with E-state index in [1.54, 1.807) is 0 Å². The van der Waals surface area contributed by atoms with Crippen LogP contribution in [-0.2, 0) is 6.42 Å². The maximum absolute atomic E-state index is 6.19. The van der Waals surface area contributed by atoms with Gasteiger partial charge in [-0.1, -0.05) is 63.4 Å². The molecule has 0 spiro atoms. The van der Waals surface area contributed by atoms with Crippen molar-refractivity contribution in [3.8, 4) is 0 Å². The van der Waals surface area contributed by atoms with Gasteiger partial charge in [-0.3, -0.25) is 0 Å². The van der Waals surface area contributed by atoms with Gasteiger partial charge in [-0.15, -0.1) is 0 Å². The Bertz CT molecular complexity index is 323. The van der Waals surface area contributed by atoms with Crippen LogP contribution in [0.5, 0.6) is 0 Å². The van der Waals surface area contributed by atoms with Gasteiger partial charge in [0.1, 0.15) is 0 Å². The molecule has 1 aromatic rings. The van der Waals surface area contributed by atoms with Crippen molar-refractivity contribution >= 4 is 0 Å².